The van der Waals surface area contributed by atoms with Gasteiger partial charge in [-0.15, -0.1) is 0 Å². The van der Waals surface area contributed by atoms with Gasteiger partial charge in [-0.05, 0) is 17.6 Å². The summed E-state index contributed by atoms with van der Waals surface area (Å²) in [6.45, 7) is -0.527. The molecule has 2 aromatic rings. The van der Waals surface area contributed by atoms with Crippen LogP contribution in [0, 0.1) is 0 Å². The molecular weight excluding hydrogens is 375 g/mol. The van der Waals surface area contributed by atoms with Gasteiger partial charge in [-0.25, -0.2) is 9.59 Å². The van der Waals surface area contributed by atoms with Gasteiger partial charge in [-0.1, -0.05) is 18.2 Å². The number of ether oxygens (including phenoxy) is 1. The van der Waals surface area contributed by atoms with Gasteiger partial charge >= 0.3 is 18.2 Å². The number of benzene rings is 1. The molecule has 1 aromatic carbocycles. The first-order valence-corrected chi connectivity index (χ1v) is 7.87. The number of carboxylic acid groups (broad SMARTS) is 1. The number of carbonyl (C=O) groups excluding carboxylic acids is 1. The standard InChI is InChI=1S/C15H14F3N3O4S/c1-21(2)14(24)19-12-10(13(22)23)11(20-26-12)25-7-8-5-3-4-6-9(8)15(16,17)18/h3-6H,7H2,1-2H3,(H,19,24)(H,22,23). The Morgan fingerprint density at radius 2 is 1.96 bits per heavy atom. The minimum atomic E-state index is -4.57. The molecule has 7 nitrogen and oxygen atoms in total. The van der Waals surface area contributed by atoms with Gasteiger partial charge in [0.2, 0.25) is 5.88 Å². The largest absolute Gasteiger partial charge is 0.477 e. The average Bonchev–Trinajstić information content (AvgIpc) is 2.95. The van der Waals surface area contributed by atoms with Crippen LogP contribution in [0.4, 0.5) is 23.0 Å². The third kappa shape index (κ3) is 4.42. The summed E-state index contributed by atoms with van der Waals surface area (Å²) in [4.78, 5) is 24.3. The molecule has 2 rings (SSSR count). The number of amides is 2. The summed E-state index contributed by atoms with van der Waals surface area (Å²) in [6.07, 6.45) is -4.57. The van der Waals surface area contributed by atoms with Crippen LogP contribution in [0.3, 0.4) is 0 Å². The number of nitrogens with one attached hydrogen (secondary N) is 1. The van der Waals surface area contributed by atoms with Crippen molar-refractivity contribution in [2.45, 2.75) is 12.8 Å². The molecule has 1 heterocycles. The molecule has 0 aliphatic rings. The van der Waals surface area contributed by atoms with E-state index < -0.39 is 35.9 Å². The lowest BCUT2D eigenvalue weighted by Crippen LogP contribution is -2.27. The summed E-state index contributed by atoms with van der Waals surface area (Å²) < 4.78 is 47.9. The van der Waals surface area contributed by atoms with Crippen molar-refractivity contribution < 1.29 is 32.6 Å². The quantitative estimate of drug-likeness (QED) is 0.816. The summed E-state index contributed by atoms with van der Waals surface area (Å²) in [6, 6.07) is 4.21. The number of alkyl halides is 3. The van der Waals surface area contributed by atoms with E-state index in [2.05, 4.69) is 9.69 Å². The van der Waals surface area contributed by atoms with E-state index in [4.69, 9.17) is 4.74 Å². The van der Waals surface area contributed by atoms with E-state index >= 15 is 0 Å². The number of urea groups is 1. The lowest BCUT2D eigenvalue weighted by atomic mass is 10.1. The van der Waals surface area contributed by atoms with Crippen molar-refractivity contribution in [3.8, 4) is 5.88 Å². The van der Waals surface area contributed by atoms with E-state index in [0.717, 1.165) is 6.07 Å². The molecule has 26 heavy (non-hydrogen) atoms. The van der Waals surface area contributed by atoms with Crippen molar-refractivity contribution in [2.24, 2.45) is 0 Å². The molecule has 2 amide bonds. The minimum Gasteiger partial charge on any atom is -0.477 e. The van der Waals surface area contributed by atoms with Crippen LogP contribution >= 0.6 is 11.5 Å². The van der Waals surface area contributed by atoms with Crippen LogP contribution in [0.5, 0.6) is 5.88 Å². The predicted molar refractivity (Wildman–Crippen MR) is 87.6 cm³/mol. The highest BCUT2D eigenvalue weighted by atomic mass is 32.1. The number of hydrogen-bond acceptors (Lipinski definition) is 5. The van der Waals surface area contributed by atoms with Crippen LogP contribution in [0.2, 0.25) is 0 Å². The molecule has 0 saturated heterocycles. The van der Waals surface area contributed by atoms with E-state index in [1.165, 1.54) is 37.2 Å². The maximum Gasteiger partial charge on any atom is 0.416 e. The van der Waals surface area contributed by atoms with Crippen molar-refractivity contribution in [3.63, 3.8) is 0 Å². The van der Waals surface area contributed by atoms with Crippen LogP contribution in [0.1, 0.15) is 21.5 Å². The highest BCUT2D eigenvalue weighted by molar-refractivity contribution is 7.11. The molecule has 11 heteroatoms. The number of carboxylic acids is 1. The first-order valence-electron chi connectivity index (χ1n) is 7.10. The summed E-state index contributed by atoms with van der Waals surface area (Å²) in [5.74, 6) is -1.79. The number of anilines is 1. The Labute approximate surface area is 150 Å². The molecule has 1 aromatic heterocycles. The van der Waals surface area contributed by atoms with Crippen molar-refractivity contribution in [1.82, 2.24) is 9.27 Å². The average molecular weight is 389 g/mol. The van der Waals surface area contributed by atoms with Crippen LogP contribution in [0.15, 0.2) is 24.3 Å². The molecule has 0 unspecified atom stereocenters. The summed E-state index contributed by atoms with van der Waals surface area (Å²) in [7, 11) is 2.92. The number of carbonyl (C=O) groups is 2. The molecule has 0 aliphatic carbocycles. The molecule has 2 N–H and O–H groups in total. The predicted octanol–water partition coefficient (Wildman–Crippen LogP) is 3.53. The molecule has 0 atom stereocenters. The van der Waals surface area contributed by atoms with E-state index in [9.17, 15) is 27.9 Å². The second kappa shape index (κ2) is 7.60. The first kappa shape index (κ1) is 19.5. The Balaban J connectivity index is 2.25. The van der Waals surface area contributed by atoms with E-state index in [-0.39, 0.29) is 16.4 Å². The van der Waals surface area contributed by atoms with Crippen LogP contribution in [-0.2, 0) is 12.8 Å². The van der Waals surface area contributed by atoms with E-state index in [0.29, 0.717) is 11.5 Å². The minimum absolute atomic E-state index is 0.0738. The normalized spacial score (nSPS) is 11.1. The second-order valence-electron chi connectivity index (χ2n) is 5.27. The topological polar surface area (TPSA) is 91.8 Å². The second-order valence-corrected chi connectivity index (χ2v) is 6.04. The highest BCUT2D eigenvalue weighted by Crippen LogP contribution is 2.34. The first-order chi connectivity index (χ1) is 12.1. The number of hydrogen-bond donors (Lipinski definition) is 2. The zero-order chi connectivity index (χ0) is 19.5. The smallest absolute Gasteiger partial charge is 0.416 e. The van der Waals surface area contributed by atoms with Crippen molar-refractivity contribution in [2.75, 3.05) is 19.4 Å². The number of aromatic carboxylic acids is 1. The molecule has 0 fully saturated rings. The summed E-state index contributed by atoms with van der Waals surface area (Å²) >= 11 is 0.658. The number of aromatic nitrogens is 1. The van der Waals surface area contributed by atoms with Gasteiger partial charge in [-0.2, -0.15) is 17.5 Å². The van der Waals surface area contributed by atoms with Gasteiger partial charge in [0, 0.05) is 19.7 Å². The zero-order valence-corrected chi connectivity index (χ0v) is 14.4. The fraction of sp³-hybridized carbons (Fsp3) is 0.267. The summed E-state index contributed by atoms with van der Waals surface area (Å²) in [5, 5.41) is 11.6. The van der Waals surface area contributed by atoms with Gasteiger partial charge in [0.1, 0.15) is 11.6 Å². The Kier molecular flexibility index (Phi) is 5.70. The Morgan fingerprint density at radius 3 is 2.54 bits per heavy atom. The van der Waals surface area contributed by atoms with Gasteiger partial charge in [-0.3, -0.25) is 5.32 Å². The number of halogens is 3. The van der Waals surface area contributed by atoms with Gasteiger partial charge in [0.25, 0.3) is 0 Å². The summed E-state index contributed by atoms with van der Waals surface area (Å²) in [5.41, 5.74) is -1.47. The maximum atomic E-state index is 13.0. The third-order valence-electron chi connectivity index (χ3n) is 3.19. The molecule has 0 spiro atoms. The fourth-order valence-electron chi connectivity index (χ4n) is 1.93. The molecule has 140 valence electrons. The SMILES string of the molecule is CN(C)C(=O)Nc1snc(OCc2ccccc2C(F)(F)F)c1C(=O)O. The fourth-order valence-corrected chi connectivity index (χ4v) is 2.64. The van der Waals surface area contributed by atoms with Gasteiger partial charge in [0.15, 0.2) is 5.56 Å². The Hall–Kier alpha value is -2.82. The number of nitrogens with zero attached hydrogens (tertiary/aromatic N) is 2. The molecular formula is C15H14F3N3O4S. The van der Waals surface area contributed by atoms with E-state index in [1.807, 2.05) is 0 Å². The maximum absolute atomic E-state index is 13.0. The Morgan fingerprint density at radius 1 is 1.31 bits per heavy atom. The monoisotopic (exact) mass is 389 g/mol. The van der Waals surface area contributed by atoms with Gasteiger partial charge in [0.05, 0.1) is 5.56 Å². The van der Waals surface area contributed by atoms with E-state index in [1.54, 1.807) is 0 Å². The van der Waals surface area contributed by atoms with Crippen molar-refractivity contribution in [3.05, 3.63) is 41.0 Å². The number of rotatable bonds is 5. The molecule has 0 aliphatic heterocycles. The van der Waals surface area contributed by atoms with Crippen molar-refractivity contribution >= 4 is 28.5 Å². The van der Waals surface area contributed by atoms with Gasteiger partial charge < -0.3 is 14.7 Å². The van der Waals surface area contributed by atoms with Crippen LogP contribution in [-0.4, -0.2) is 40.5 Å². The lowest BCUT2D eigenvalue weighted by Gasteiger charge is -2.13. The van der Waals surface area contributed by atoms with Crippen LogP contribution in [0.25, 0.3) is 0 Å². The Bertz CT molecular complexity index is 821. The lowest BCUT2D eigenvalue weighted by molar-refractivity contribution is -0.138. The third-order valence-corrected chi connectivity index (χ3v) is 3.93. The molecule has 0 saturated carbocycles. The molecule has 0 radical (unpaired) electrons. The highest BCUT2D eigenvalue weighted by Gasteiger charge is 2.33. The molecule has 0 bridgehead atoms. The zero-order valence-electron chi connectivity index (χ0n) is 13.6. The van der Waals surface area contributed by atoms with Crippen LogP contribution < -0.4 is 10.1 Å². The van der Waals surface area contributed by atoms with Crippen molar-refractivity contribution in [1.29, 1.82) is 0 Å².